The zero-order chi connectivity index (χ0) is 11.1. The molecule has 0 radical (unpaired) electrons. The summed E-state index contributed by atoms with van der Waals surface area (Å²) in [6.45, 7) is 2.32. The molecule has 0 atom stereocenters. The number of benzene rings is 1. The van der Waals surface area contributed by atoms with Gasteiger partial charge in [-0.2, -0.15) is 0 Å². The molecule has 0 aliphatic rings. The maximum atomic E-state index is 5.49. The van der Waals surface area contributed by atoms with Gasteiger partial charge in [-0.1, -0.05) is 30.3 Å². The number of hydrogen-bond acceptors (Lipinski definition) is 3. The highest BCUT2D eigenvalue weighted by Gasteiger charge is 2.22. The Labute approximate surface area is 91.0 Å². The molecule has 0 saturated carbocycles. The normalized spacial score (nSPS) is 11.7. The molecule has 1 rings (SSSR count). The lowest BCUT2D eigenvalue weighted by Gasteiger charge is -2.25. The molecule has 0 aliphatic carbocycles. The fourth-order valence-electron chi connectivity index (χ4n) is 1.20. The van der Waals surface area contributed by atoms with E-state index in [1.54, 1.807) is 21.1 Å². The Morgan fingerprint density at radius 3 is 2.20 bits per heavy atom. The lowest BCUT2D eigenvalue weighted by molar-refractivity contribution is -0.350. The van der Waals surface area contributed by atoms with Crippen LogP contribution in [0, 0.1) is 0 Å². The SMILES string of the molecule is COC(C)(OC)OCCc1ccccc1. The highest BCUT2D eigenvalue weighted by Crippen LogP contribution is 2.12. The van der Waals surface area contributed by atoms with Gasteiger partial charge >= 0.3 is 0 Å². The fraction of sp³-hybridized carbons (Fsp3) is 0.500. The van der Waals surface area contributed by atoms with Gasteiger partial charge in [-0.3, -0.25) is 0 Å². The minimum atomic E-state index is -0.936. The van der Waals surface area contributed by atoms with E-state index in [9.17, 15) is 0 Å². The van der Waals surface area contributed by atoms with Gasteiger partial charge < -0.3 is 14.2 Å². The maximum absolute atomic E-state index is 5.49. The Morgan fingerprint density at radius 2 is 1.67 bits per heavy atom. The molecule has 0 aromatic heterocycles. The summed E-state index contributed by atoms with van der Waals surface area (Å²) in [5, 5.41) is 0. The Hall–Kier alpha value is -0.900. The van der Waals surface area contributed by atoms with Crippen molar-refractivity contribution in [3.8, 4) is 0 Å². The first-order chi connectivity index (χ1) is 7.20. The van der Waals surface area contributed by atoms with E-state index in [1.165, 1.54) is 5.56 Å². The van der Waals surface area contributed by atoms with E-state index in [0.29, 0.717) is 6.61 Å². The number of hydrogen-bond donors (Lipinski definition) is 0. The largest absolute Gasteiger partial charge is 0.331 e. The molecule has 0 aliphatic heterocycles. The molecular weight excluding hydrogens is 192 g/mol. The highest BCUT2D eigenvalue weighted by atomic mass is 16.9. The van der Waals surface area contributed by atoms with Crippen molar-refractivity contribution in [1.82, 2.24) is 0 Å². The number of rotatable bonds is 6. The van der Waals surface area contributed by atoms with Gasteiger partial charge in [-0.25, -0.2) is 0 Å². The van der Waals surface area contributed by atoms with Crippen molar-refractivity contribution in [2.45, 2.75) is 19.3 Å². The van der Waals surface area contributed by atoms with Crippen LogP contribution >= 0.6 is 0 Å². The van der Waals surface area contributed by atoms with Gasteiger partial charge in [-0.05, 0) is 12.0 Å². The quantitative estimate of drug-likeness (QED) is 0.674. The maximum Gasteiger partial charge on any atom is 0.279 e. The van der Waals surface area contributed by atoms with Crippen LogP contribution in [0.4, 0.5) is 0 Å². The van der Waals surface area contributed by atoms with Crippen LogP contribution < -0.4 is 0 Å². The first kappa shape index (κ1) is 12.2. The molecule has 0 saturated heterocycles. The Morgan fingerprint density at radius 1 is 1.07 bits per heavy atom. The van der Waals surface area contributed by atoms with Crippen molar-refractivity contribution < 1.29 is 14.2 Å². The summed E-state index contributed by atoms with van der Waals surface area (Å²) in [5.41, 5.74) is 1.24. The molecule has 15 heavy (non-hydrogen) atoms. The smallest absolute Gasteiger partial charge is 0.279 e. The second kappa shape index (κ2) is 5.85. The zero-order valence-corrected chi connectivity index (χ0v) is 9.53. The predicted octanol–water partition coefficient (Wildman–Crippen LogP) is 2.21. The van der Waals surface area contributed by atoms with Gasteiger partial charge in [0.1, 0.15) is 0 Å². The molecule has 0 amide bonds. The Bertz CT molecular complexity index is 267. The third-order valence-corrected chi connectivity index (χ3v) is 2.34. The standard InChI is InChI=1S/C12H18O3/c1-12(13-2,14-3)15-10-9-11-7-5-4-6-8-11/h4-8H,9-10H2,1-3H3. The third-order valence-electron chi connectivity index (χ3n) is 2.34. The highest BCUT2D eigenvalue weighted by molar-refractivity contribution is 5.14. The van der Waals surface area contributed by atoms with Crippen molar-refractivity contribution in [1.29, 1.82) is 0 Å². The average molecular weight is 210 g/mol. The molecule has 0 spiro atoms. The molecule has 0 fully saturated rings. The Kier molecular flexibility index (Phi) is 4.75. The lowest BCUT2D eigenvalue weighted by Crippen LogP contribution is -2.33. The second-order valence-corrected chi connectivity index (χ2v) is 3.35. The molecule has 0 bridgehead atoms. The van der Waals surface area contributed by atoms with Gasteiger partial charge in [0.25, 0.3) is 5.97 Å². The number of ether oxygens (including phenoxy) is 3. The van der Waals surface area contributed by atoms with Crippen LogP contribution in [0.3, 0.4) is 0 Å². The molecule has 0 unspecified atom stereocenters. The fourth-order valence-corrected chi connectivity index (χ4v) is 1.20. The first-order valence-corrected chi connectivity index (χ1v) is 4.98. The zero-order valence-electron chi connectivity index (χ0n) is 9.53. The van der Waals surface area contributed by atoms with Crippen LogP contribution in [0.5, 0.6) is 0 Å². The molecule has 1 aromatic rings. The molecule has 84 valence electrons. The van der Waals surface area contributed by atoms with E-state index in [2.05, 4.69) is 12.1 Å². The van der Waals surface area contributed by atoms with Crippen molar-refractivity contribution in [2.75, 3.05) is 20.8 Å². The van der Waals surface area contributed by atoms with Gasteiger partial charge in [-0.15, -0.1) is 0 Å². The van der Waals surface area contributed by atoms with Gasteiger partial charge in [0.05, 0.1) is 6.61 Å². The molecule has 3 nitrogen and oxygen atoms in total. The summed E-state index contributed by atoms with van der Waals surface area (Å²) < 4.78 is 15.6. The molecular formula is C12H18O3. The van der Waals surface area contributed by atoms with Crippen molar-refractivity contribution in [3.63, 3.8) is 0 Å². The molecule has 3 heteroatoms. The average Bonchev–Trinajstić information content (AvgIpc) is 2.30. The van der Waals surface area contributed by atoms with Crippen LogP contribution in [0.15, 0.2) is 30.3 Å². The van der Waals surface area contributed by atoms with E-state index in [1.807, 2.05) is 18.2 Å². The summed E-state index contributed by atoms with van der Waals surface area (Å²) in [7, 11) is 3.12. The minimum absolute atomic E-state index is 0.572. The number of methoxy groups -OCH3 is 2. The Balaban J connectivity index is 2.33. The summed E-state index contributed by atoms with van der Waals surface area (Å²) in [5.74, 6) is -0.936. The third kappa shape index (κ3) is 4.00. The van der Waals surface area contributed by atoms with E-state index in [4.69, 9.17) is 14.2 Å². The topological polar surface area (TPSA) is 27.7 Å². The van der Waals surface area contributed by atoms with Crippen molar-refractivity contribution >= 4 is 0 Å². The summed E-state index contributed by atoms with van der Waals surface area (Å²) >= 11 is 0. The van der Waals surface area contributed by atoms with Gasteiger partial charge in [0, 0.05) is 21.1 Å². The lowest BCUT2D eigenvalue weighted by atomic mass is 10.2. The van der Waals surface area contributed by atoms with Crippen LogP contribution in [0.25, 0.3) is 0 Å². The first-order valence-electron chi connectivity index (χ1n) is 4.98. The van der Waals surface area contributed by atoms with Crippen LogP contribution in [0.2, 0.25) is 0 Å². The van der Waals surface area contributed by atoms with Gasteiger partial charge in [0.2, 0.25) is 0 Å². The van der Waals surface area contributed by atoms with E-state index in [0.717, 1.165) is 6.42 Å². The van der Waals surface area contributed by atoms with Crippen LogP contribution in [-0.4, -0.2) is 26.8 Å². The summed E-state index contributed by atoms with van der Waals surface area (Å²) in [6, 6.07) is 10.2. The van der Waals surface area contributed by atoms with Gasteiger partial charge in [0.15, 0.2) is 0 Å². The van der Waals surface area contributed by atoms with E-state index in [-0.39, 0.29) is 0 Å². The summed E-state index contributed by atoms with van der Waals surface area (Å²) in [4.78, 5) is 0. The molecule has 1 aromatic carbocycles. The molecule has 0 heterocycles. The van der Waals surface area contributed by atoms with Crippen LogP contribution in [-0.2, 0) is 20.6 Å². The van der Waals surface area contributed by atoms with E-state index < -0.39 is 5.97 Å². The van der Waals surface area contributed by atoms with Crippen molar-refractivity contribution in [3.05, 3.63) is 35.9 Å². The predicted molar refractivity (Wildman–Crippen MR) is 58.5 cm³/mol. The second-order valence-electron chi connectivity index (χ2n) is 3.35. The monoisotopic (exact) mass is 210 g/mol. The molecule has 0 N–H and O–H groups in total. The van der Waals surface area contributed by atoms with Crippen molar-refractivity contribution in [2.24, 2.45) is 0 Å². The minimum Gasteiger partial charge on any atom is -0.331 e. The summed E-state index contributed by atoms with van der Waals surface area (Å²) in [6.07, 6.45) is 0.850. The van der Waals surface area contributed by atoms with E-state index >= 15 is 0 Å². The van der Waals surface area contributed by atoms with Crippen LogP contribution in [0.1, 0.15) is 12.5 Å².